The van der Waals surface area contributed by atoms with E-state index in [4.69, 9.17) is 20.8 Å². The van der Waals surface area contributed by atoms with Crippen LogP contribution in [0.1, 0.15) is 32.0 Å². The van der Waals surface area contributed by atoms with Gasteiger partial charge in [-0.15, -0.1) is 11.6 Å². The normalized spacial score (nSPS) is 12.7. The van der Waals surface area contributed by atoms with Gasteiger partial charge in [0, 0.05) is 5.56 Å². The van der Waals surface area contributed by atoms with E-state index >= 15 is 0 Å². The van der Waals surface area contributed by atoms with Crippen molar-refractivity contribution in [2.75, 3.05) is 6.61 Å². The van der Waals surface area contributed by atoms with E-state index in [-0.39, 0.29) is 5.38 Å². The molecule has 1 aromatic heterocycles. The third-order valence-corrected chi connectivity index (χ3v) is 2.77. The van der Waals surface area contributed by atoms with Crippen molar-refractivity contribution in [3.8, 4) is 17.1 Å². The minimum atomic E-state index is -0.220. The van der Waals surface area contributed by atoms with Crippen LogP contribution < -0.4 is 4.74 Å². The maximum atomic E-state index is 5.92. The number of benzene rings is 1. The second-order valence-electron chi connectivity index (χ2n) is 4.91. The number of hydrogen-bond donors (Lipinski definition) is 0. The Balaban J connectivity index is 2.08. The summed E-state index contributed by atoms with van der Waals surface area (Å²) in [5.41, 5.74) is 0.966. The number of nitrogens with zero attached hydrogens (tertiary/aromatic N) is 1. The molecule has 2 aromatic rings. The molecule has 3 nitrogen and oxygen atoms in total. The van der Waals surface area contributed by atoms with Gasteiger partial charge < -0.3 is 9.15 Å². The number of rotatable bonds is 5. The molecule has 0 amide bonds. The number of halogens is 1. The maximum absolute atomic E-state index is 5.92. The van der Waals surface area contributed by atoms with Gasteiger partial charge in [0.25, 0.3) is 0 Å². The van der Waals surface area contributed by atoms with Crippen LogP contribution in [-0.2, 0) is 0 Å². The van der Waals surface area contributed by atoms with E-state index in [0.717, 1.165) is 23.7 Å². The lowest BCUT2D eigenvalue weighted by Gasteiger charge is -2.08. The second-order valence-corrected chi connectivity index (χ2v) is 5.56. The molecule has 0 fully saturated rings. The highest BCUT2D eigenvalue weighted by atomic mass is 35.5. The van der Waals surface area contributed by atoms with Crippen LogP contribution in [0.4, 0.5) is 0 Å². The molecule has 0 aliphatic carbocycles. The van der Waals surface area contributed by atoms with Crippen molar-refractivity contribution in [1.29, 1.82) is 0 Å². The largest absolute Gasteiger partial charge is 0.493 e. The number of alkyl halides is 1. The van der Waals surface area contributed by atoms with Crippen molar-refractivity contribution in [3.63, 3.8) is 0 Å². The van der Waals surface area contributed by atoms with Crippen LogP contribution in [0.15, 0.2) is 34.9 Å². The first-order valence-corrected chi connectivity index (χ1v) is 6.83. The quantitative estimate of drug-likeness (QED) is 0.746. The molecule has 0 saturated carbocycles. The maximum Gasteiger partial charge on any atom is 0.212 e. The Hall–Kier alpha value is -1.48. The Labute approximate surface area is 118 Å². The van der Waals surface area contributed by atoms with Crippen molar-refractivity contribution < 1.29 is 9.15 Å². The highest BCUT2D eigenvalue weighted by Gasteiger charge is 2.10. The van der Waals surface area contributed by atoms with Gasteiger partial charge in [-0.3, -0.25) is 0 Å². The number of ether oxygens (including phenoxy) is 1. The average Bonchev–Trinajstić information content (AvgIpc) is 2.86. The Morgan fingerprint density at radius 3 is 2.42 bits per heavy atom. The van der Waals surface area contributed by atoms with Crippen LogP contribution in [0.5, 0.6) is 5.75 Å². The molecule has 1 atom stereocenters. The molecule has 2 rings (SSSR count). The predicted molar refractivity (Wildman–Crippen MR) is 76.5 cm³/mol. The van der Waals surface area contributed by atoms with Gasteiger partial charge in [0.1, 0.15) is 11.1 Å². The van der Waals surface area contributed by atoms with Crippen LogP contribution in [0.25, 0.3) is 11.3 Å². The SMILES string of the molecule is CC(C)COc1ccc(-c2cnc([C@@H](C)Cl)o2)cc1. The van der Waals surface area contributed by atoms with E-state index in [1.165, 1.54) is 0 Å². The van der Waals surface area contributed by atoms with Gasteiger partial charge in [0.05, 0.1) is 12.8 Å². The summed E-state index contributed by atoms with van der Waals surface area (Å²) >= 11 is 5.92. The molecule has 102 valence electrons. The van der Waals surface area contributed by atoms with Crippen LogP contribution in [0, 0.1) is 5.92 Å². The summed E-state index contributed by atoms with van der Waals surface area (Å²) in [5, 5.41) is -0.220. The lowest BCUT2D eigenvalue weighted by molar-refractivity contribution is 0.271. The lowest BCUT2D eigenvalue weighted by atomic mass is 10.2. The number of aromatic nitrogens is 1. The predicted octanol–water partition coefficient (Wildman–Crippen LogP) is 4.68. The van der Waals surface area contributed by atoms with Gasteiger partial charge in [-0.2, -0.15) is 0 Å². The van der Waals surface area contributed by atoms with E-state index in [0.29, 0.717) is 11.8 Å². The molecule has 4 heteroatoms. The Morgan fingerprint density at radius 1 is 1.21 bits per heavy atom. The van der Waals surface area contributed by atoms with Crippen molar-refractivity contribution in [2.24, 2.45) is 5.92 Å². The van der Waals surface area contributed by atoms with Gasteiger partial charge >= 0.3 is 0 Å². The average molecular weight is 280 g/mol. The summed E-state index contributed by atoms with van der Waals surface area (Å²) < 4.78 is 11.2. The first-order valence-electron chi connectivity index (χ1n) is 6.39. The van der Waals surface area contributed by atoms with Gasteiger partial charge in [0.2, 0.25) is 5.89 Å². The van der Waals surface area contributed by atoms with Crippen LogP contribution in [0.3, 0.4) is 0 Å². The summed E-state index contributed by atoms with van der Waals surface area (Å²) in [5.74, 6) is 2.64. The van der Waals surface area contributed by atoms with E-state index in [9.17, 15) is 0 Å². The zero-order valence-corrected chi connectivity index (χ0v) is 12.1. The molecule has 0 aliphatic heterocycles. The van der Waals surface area contributed by atoms with Gasteiger partial charge in [0.15, 0.2) is 5.76 Å². The monoisotopic (exact) mass is 279 g/mol. The zero-order chi connectivity index (χ0) is 13.8. The third kappa shape index (κ3) is 3.74. The molecule has 0 saturated heterocycles. The second kappa shape index (κ2) is 6.11. The third-order valence-electron chi connectivity index (χ3n) is 2.59. The summed E-state index contributed by atoms with van der Waals surface area (Å²) in [4.78, 5) is 4.14. The van der Waals surface area contributed by atoms with Crippen molar-refractivity contribution in [1.82, 2.24) is 4.98 Å². The summed E-state index contributed by atoms with van der Waals surface area (Å²) in [7, 11) is 0. The van der Waals surface area contributed by atoms with Crippen LogP contribution in [-0.4, -0.2) is 11.6 Å². The minimum Gasteiger partial charge on any atom is -0.493 e. The molecule has 19 heavy (non-hydrogen) atoms. The number of oxazole rings is 1. The molecule has 0 spiro atoms. The summed E-state index contributed by atoms with van der Waals surface area (Å²) in [6.45, 7) is 6.80. The van der Waals surface area contributed by atoms with Crippen molar-refractivity contribution in [3.05, 3.63) is 36.4 Å². The molecule has 0 unspecified atom stereocenters. The number of hydrogen-bond acceptors (Lipinski definition) is 3. The molecule has 1 aromatic carbocycles. The molecular formula is C15H18ClNO2. The molecule has 0 bridgehead atoms. The van der Waals surface area contributed by atoms with E-state index in [2.05, 4.69) is 18.8 Å². The fourth-order valence-electron chi connectivity index (χ4n) is 1.58. The van der Waals surface area contributed by atoms with Crippen molar-refractivity contribution >= 4 is 11.6 Å². The first-order chi connectivity index (χ1) is 9.06. The Bertz CT molecular complexity index is 517. The van der Waals surface area contributed by atoms with Crippen LogP contribution >= 0.6 is 11.6 Å². The van der Waals surface area contributed by atoms with E-state index in [1.807, 2.05) is 31.2 Å². The molecular weight excluding hydrogens is 262 g/mol. The lowest BCUT2D eigenvalue weighted by Crippen LogP contribution is -2.04. The fraction of sp³-hybridized carbons (Fsp3) is 0.400. The highest BCUT2D eigenvalue weighted by molar-refractivity contribution is 6.20. The Morgan fingerprint density at radius 2 is 1.89 bits per heavy atom. The minimum absolute atomic E-state index is 0.220. The van der Waals surface area contributed by atoms with Gasteiger partial charge in [-0.25, -0.2) is 4.98 Å². The fourth-order valence-corrected chi connectivity index (χ4v) is 1.68. The highest BCUT2D eigenvalue weighted by Crippen LogP contribution is 2.27. The van der Waals surface area contributed by atoms with Gasteiger partial charge in [-0.1, -0.05) is 13.8 Å². The summed E-state index contributed by atoms with van der Waals surface area (Å²) in [6, 6.07) is 7.78. The standard InChI is InChI=1S/C15H18ClNO2/c1-10(2)9-18-13-6-4-12(5-7-13)14-8-17-15(19-14)11(3)16/h4-8,10-11H,9H2,1-3H3/t11-/m1/s1. The first kappa shape index (κ1) is 13.9. The van der Waals surface area contributed by atoms with Gasteiger partial charge in [-0.05, 0) is 37.1 Å². The molecule has 0 aliphatic rings. The molecule has 0 radical (unpaired) electrons. The topological polar surface area (TPSA) is 35.3 Å². The van der Waals surface area contributed by atoms with Crippen LogP contribution in [0.2, 0.25) is 0 Å². The Kier molecular flexibility index (Phi) is 4.48. The van der Waals surface area contributed by atoms with Crippen molar-refractivity contribution in [2.45, 2.75) is 26.1 Å². The summed E-state index contributed by atoms with van der Waals surface area (Å²) in [6.07, 6.45) is 1.69. The van der Waals surface area contributed by atoms with E-state index in [1.54, 1.807) is 6.20 Å². The molecule has 1 heterocycles. The molecule has 0 N–H and O–H groups in total. The smallest absolute Gasteiger partial charge is 0.212 e. The van der Waals surface area contributed by atoms with E-state index < -0.39 is 0 Å². The zero-order valence-electron chi connectivity index (χ0n) is 11.4.